The maximum atomic E-state index is 5.46. The van der Waals surface area contributed by atoms with Crippen LogP contribution in [0.15, 0.2) is 24.3 Å². The summed E-state index contributed by atoms with van der Waals surface area (Å²) in [5.74, 6) is 0.892. The lowest BCUT2D eigenvalue weighted by molar-refractivity contribution is 0.109. The third-order valence-corrected chi connectivity index (χ3v) is 2.36. The Morgan fingerprint density at radius 3 is 2.83 bits per heavy atom. The van der Waals surface area contributed by atoms with Crippen molar-refractivity contribution in [3.8, 4) is 5.75 Å². The zero-order chi connectivity index (χ0) is 13.1. The Labute approximate surface area is 109 Å². The van der Waals surface area contributed by atoms with Crippen molar-refractivity contribution in [3.63, 3.8) is 0 Å². The second kappa shape index (κ2) is 9.74. The zero-order valence-electron chi connectivity index (χ0n) is 11.3. The summed E-state index contributed by atoms with van der Waals surface area (Å²) in [6.07, 6.45) is 0.941. The predicted octanol–water partition coefficient (Wildman–Crippen LogP) is 2.55. The van der Waals surface area contributed by atoms with Crippen molar-refractivity contribution in [1.29, 1.82) is 0 Å². The van der Waals surface area contributed by atoms with E-state index in [0.29, 0.717) is 13.2 Å². The molecule has 0 spiro atoms. The minimum atomic E-state index is 0.687. The van der Waals surface area contributed by atoms with Crippen LogP contribution in [-0.4, -0.2) is 40.1 Å². The summed E-state index contributed by atoms with van der Waals surface area (Å²) in [5.41, 5.74) is 1.06. The van der Waals surface area contributed by atoms with Crippen molar-refractivity contribution in [2.24, 2.45) is 0 Å². The number of anilines is 1. The summed E-state index contributed by atoms with van der Waals surface area (Å²) in [4.78, 5) is 0. The van der Waals surface area contributed by atoms with E-state index in [4.69, 9.17) is 14.2 Å². The minimum absolute atomic E-state index is 0.687. The molecule has 0 bridgehead atoms. The Kier molecular flexibility index (Phi) is 8.01. The molecule has 0 aliphatic heterocycles. The van der Waals surface area contributed by atoms with Gasteiger partial charge >= 0.3 is 0 Å². The number of rotatable bonds is 10. The van der Waals surface area contributed by atoms with E-state index in [2.05, 4.69) is 5.32 Å². The Bertz CT molecular complexity index is 318. The summed E-state index contributed by atoms with van der Waals surface area (Å²) >= 11 is 0. The molecule has 18 heavy (non-hydrogen) atoms. The Balaban J connectivity index is 2.13. The molecule has 1 aromatic rings. The molecule has 4 heteroatoms. The fourth-order valence-corrected chi connectivity index (χ4v) is 1.54. The standard InChI is InChI=1S/C14H23NO3/c1-3-18-14-7-4-6-13(12-14)15-8-11-17-10-5-9-16-2/h4,6-7,12,15H,3,5,8-11H2,1-2H3. The molecule has 1 aromatic carbocycles. The van der Waals surface area contributed by atoms with Gasteiger partial charge in [-0.3, -0.25) is 0 Å². The van der Waals surface area contributed by atoms with Crippen molar-refractivity contribution >= 4 is 5.69 Å². The predicted molar refractivity (Wildman–Crippen MR) is 73.4 cm³/mol. The first-order valence-corrected chi connectivity index (χ1v) is 6.40. The molecular formula is C14H23NO3. The first-order valence-electron chi connectivity index (χ1n) is 6.40. The summed E-state index contributed by atoms with van der Waals surface area (Å²) in [6.45, 7) is 5.66. The molecule has 0 saturated carbocycles. The van der Waals surface area contributed by atoms with E-state index in [1.54, 1.807) is 7.11 Å². The minimum Gasteiger partial charge on any atom is -0.494 e. The Hall–Kier alpha value is -1.26. The van der Waals surface area contributed by atoms with Crippen LogP contribution >= 0.6 is 0 Å². The molecular weight excluding hydrogens is 230 g/mol. The molecule has 0 radical (unpaired) electrons. The lowest BCUT2D eigenvalue weighted by atomic mass is 10.3. The highest BCUT2D eigenvalue weighted by atomic mass is 16.5. The second-order valence-electron chi connectivity index (χ2n) is 3.85. The largest absolute Gasteiger partial charge is 0.494 e. The van der Waals surface area contributed by atoms with Crippen LogP contribution in [0.1, 0.15) is 13.3 Å². The number of nitrogens with one attached hydrogen (secondary N) is 1. The second-order valence-corrected chi connectivity index (χ2v) is 3.85. The molecule has 0 aliphatic rings. The van der Waals surface area contributed by atoms with Gasteiger partial charge in [0.1, 0.15) is 5.75 Å². The number of hydrogen-bond donors (Lipinski definition) is 1. The highest BCUT2D eigenvalue weighted by Crippen LogP contribution is 2.16. The van der Waals surface area contributed by atoms with Crippen molar-refractivity contribution in [3.05, 3.63) is 24.3 Å². The lowest BCUT2D eigenvalue weighted by Gasteiger charge is -2.09. The normalized spacial score (nSPS) is 10.3. The van der Waals surface area contributed by atoms with Gasteiger partial charge in [0.2, 0.25) is 0 Å². The van der Waals surface area contributed by atoms with Gasteiger partial charge in [-0.1, -0.05) is 6.07 Å². The molecule has 0 aliphatic carbocycles. The third-order valence-electron chi connectivity index (χ3n) is 2.36. The lowest BCUT2D eigenvalue weighted by Crippen LogP contribution is -2.10. The van der Waals surface area contributed by atoms with Gasteiger partial charge in [0, 0.05) is 38.6 Å². The maximum absolute atomic E-state index is 5.46. The van der Waals surface area contributed by atoms with Crippen LogP contribution in [0.3, 0.4) is 0 Å². The molecule has 0 amide bonds. The van der Waals surface area contributed by atoms with Gasteiger partial charge in [0.25, 0.3) is 0 Å². The van der Waals surface area contributed by atoms with Gasteiger partial charge < -0.3 is 19.5 Å². The fraction of sp³-hybridized carbons (Fsp3) is 0.571. The van der Waals surface area contributed by atoms with Crippen LogP contribution in [0.5, 0.6) is 5.75 Å². The van der Waals surface area contributed by atoms with E-state index in [1.165, 1.54) is 0 Å². The molecule has 1 N–H and O–H groups in total. The van der Waals surface area contributed by atoms with Gasteiger partial charge in [0.05, 0.1) is 13.2 Å². The van der Waals surface area contributed by atoms with Crippen LogP contribution in [0, 0.1) is 0 Å². The SMILES string of the molecule is CCOc1cccc(NCCOCCCOC)c1. The molecule has 0 unspecified atom stereocenters. The highest BCUT2D eigenvalue weighted by Gasteiger charge is 1.95. The van der Waals surface area contributed by atoms with Gasteiger partial charge in [-0.2, -0.15) is 0 Å². The average molecular weight is 253 g/mol. The van der Waals surface area contributed by atoms with Crippen LogP contribution in [-0.2, 0) is 9.47 Å². The molecule has 4 nitrogen and oxygen atoms in total. The van der Waals surface area contributed by atoms with E-state index in [0.717, 1.165) is 37.6 Å². The summed E-state index contributed by atoms with van der Waals surface area (Å²) in [7, 11) is 1.70. The van der Waals surface area contributed by atoms with E-state index in [-0.39, 0.29) is 0 Å². The number of methoxy groups -OCH3 is 1. The first-order chi connectivity index (χ1) is 8.86. The fourth-order valence-electron chi connectivity index (χ4n) is 1.54. The van der Waals surface area contributed by atoms with Crippen LogP contribution < -0.4 is 10.1 Å². The smallest absolute Gasteiger partial charge is 0.121 e. The quantitative estimate of drug-likeness (QED) is 0.650. The van der Waals surface area contributed by atoms with Crippen molar-refractivity contribution in [1.82, 2.24) is 0 Å². The molecule has 0 aromatic heterocycles. The number of benzene rings is 1. The van der Waals surface area contributed by atoms with Crippen LogP contribution in [0.4, 0.5) is 5.69 Å². The Morgan fingerprint density at radius 1 is 1.17 bits per heavy atom. The summed E-state index contributed by atoms with van der Waals surface area (Å²) in [6, 6.07) is 7.95. The van der Waals surface area contributed by atoms with Gasteiger partial charge in [-0.05, 0) is 25.5 Å². The van der Waals surface area contributed by atoms with E-state index < -0.39 is 0 Å². The average Bonchev–Trinajstić information content (AvgIpc) is 2.39. The summed E-state index contributed by atoms with van der Waals surface area (Å²) in [5, 5.41) is 3.30. The van der Waals surface area contributed by atoms with Crippen molar-refractivity contribution in [2.45, 2.75) is 13.3 Å². The van der Waals surface area contributed by atoms with Crippen LogP contribution in [0.2, 0.25) is 0 Å². The molecule has 1 rings (SSSR count). The number of hydrogen-bond acceptors (Lipinski definition) is 4. The van der Waals surface area contributed by atoms with E-state index >= 15 is 0 Å². The number of ether oxygens (including phenoxy) is 3. The van der Waals surface area contributed by atoms with Crippen molar-refractivity contribution in [2.75, 3.05) is 45.4 Å². The molecule has 0 fully saturated rings. The van der Waals surface area contributed by atoms with Crippen LogP contribution in [0.25, 0.3) is 0 Å². The summed E-state index contributed by atoms with van der Waals surface area (Å²) < 4.78 is 15.8. The topological polar surface area (TPSA) is 39.7 Å². The molecule has 102 valence electrons. The maximum Gasteiger partial charge on any atom is 0.121 e. The highest BCUT2D eigenvalue weighted by molar-refractivity contribution is 5.48. The monoisotopic (exact) mass is 253 g/mol. The van der Waals surface area contributed by atoms with Crippen molar-refractivity contribution < 1.29 is 14.2 Å². The van der Waals surface area contributed by atoms with E-state index in [9.17, 15) is 0 Å². The Morgan fingerprint density at radius 2 is 2.06 bits per heavy atom. The molecule has 0 saturated heterocycles. The van der Waals surface area contributed by atoms with Gasteiger partial charge in [-0.25, -0.2) is 0 Å². The van der Waals surface area contributed by atoms with Gasteiger partial charge in [-0.15, -0.1) is 0 Å². The molecule has 0 atom stereocenters. The third kappa shape index (κ3) is 6.47. The van der Waals surface area contributed by atoms with E-state index in [1.807, 2.05) is 31.2 Å². The molecule has 0 heterocycles. The zero-order valence-corrected chi connectivity index (χ0v) is 11.3. The van der Waals surface area contributed by atoms with Gasteiger partial charge in [0.15, 0.2) is 0 Å². The first kappa shape index (κ1) is 14.8.